The smallest absolute Gasteiger partial charge is 0.243 e. The molecule has 0 saturated carbocycles. The summed E-state index contributed by atoms with van der Waals surface area (Å²) in [4.78, 5) is 14.8. The lowest BCUT2D eigenvalue weighted by atomic mass is 10.2. The number of hydrogen-bond donors (Lipinski definition) is 1. The van der Waals surface area contributed by atoms with Gasteiger partial charge in [-0.05, 0) is 37.3 Å². The van der Waals surface area contributed by atoms with Gasteiger partial charge in [0, 0.05) is 31.2 Å². The van der Waals surface area contributed by atoms with Crippen LogP contribution < -0.4 is 5.32 Å². The molecule has 1 fully saturated rings. The maximum Gasteiger partial charge on any atom is 0.243 e. The summed E-state index contributed by atoms with van der Waals surface area (Å²) >= 11 is 12.0. The van der Waals surface area contributed by atoms with E-state index in [1.54, 1.807) is 55.5 Å². The number of piperazine rings is 1. The molecule has 1 amide bonds. The molecule has 1 aliphatic rings. The molecule has 0 spiro atoms. The number of rotatable bonds is 5. The Kier molecular flexibility index (Phi) is 6.62. The molecule has 0 radical (unpaired) electrons. The van der Waals surface area contributed by atoms with Crippen molar-refractivity contribution in [3.8, 4) is 0 Å². The topological polar surface area (TPSA) is 69.7 Å². The van der Waals surface area contributed by atoms with Crippen LogP contribution in [-0.2, 0) is 14.8 Å². The molecule has 1 unspecified atom stereocenters. The molecule has 9 heteroatoms. The van der Waals surface area contributed by atoms with Crippen LogP contribution in [0.15, 0.2) is 53.4 Å². The van der Waals surface area contributed by atoms with Crippen molar-refractivity contribution in [2.45, 2.75) is 17.9 Å². The summed E-state index contributed by atoms with van der Waals surface area (Å²) in [5, 5.41) is 3.66. The fraction of sp³-hybridized carbons (Fsp3) is 0.316. The van der Waals surface area contributed by atoms with Gasteiger partial charge in [-0.25, -0.2) is 8.42 Å². The zero-order valence-corrected chi connectivity index (χ0v) is 17.6. The molecular weight excluding hydrogens is 421 g/mol. The van der Waals surface area contributed by atoms with E-state index >= 15 is 0 Å². The number of amides is 1. The van der Waals surface area contributed by atoms with Crippen LogP contribution in [0.4, 0.5) is 5.69 Å². The summed E-state index contributed by atoms with van der Waals surface area (Å²) in [6, 6.07) is 12.8. The van der Waals surface area contributed by atoms with Crippen LogP contribution in [0.1, 0.15) is 6.92 Å². The molecule has 150 valence electrons. The second-order valence-electron chi connectivity index (χ2n) is 6.54. The van der Waals surface area contributed by atoms with Gasteiger partial charge in [0.1, 0.15) is 0 Å². The van der Waals surface area contributed by atoms with Crippen molar-refractivity contribution in [3.63, 3.8) is 0 Å². The van der Waals surface area contributed by atoms with E-state index in [0.29, 0.717) is 41.9 Å². The van der Waals surface area contributed by atoms with Crippen molar-refractivity contribution in [2.24, 2.45) is 0 Å². The molecule has 6 nitrogen and oxygen atoms in total. The highest BCUT2D eigenvalue weighted by atomic mass is 35.5. The molecule has 0 aromatic heterocycles. The molecular formula is C19H21Cl2N3O3S. The van der Waals surface area contributed by atoms with E-state index in [2.05, 4.69) is 5.32 Å². The first kappa shape index (κ1) is 21.1. The standard InChI is InChI=1S/C19H21Cl2N3O3S/c1-14(19(25)22-18-8-7-15(20)13-17(18)21)23-9-11-24(12-10-23)28(26,27)16-5-3-2-4-6-16/h2-8,13-14H,9-12H2,1H3,(H,22,25). The Labute approximate surface area is 175 Å². The van der Waals surface area contributed by atoms with Crippen molar-refractivity contribution in [1.29, 1.82) is 0 Å². The van der Waals surface area contributed by atoms with E-state index in [4.69, 9.17) is 23.2 Å². The third kappa shape index (κ3) is 4.67. The number of halogens is 2. The lowest BCUT2D eigenvalue weighted by molar-refractivity contribution is -0.121. The van der Waals surface area contributed by atoms with Gasteiger partial charge in [0.25, 0.3) is 0 Å². The van der Waals surface area contributed by atoms with Gasteiger partial charge in [-0.15, -0.1) is 0 Å². The van der Waals surface area contributed by atoms with Crippen LogP contribution in [0.3, 0.4) is 0 Å². The largest absolute Gasteiger partial charge is 0.323 e. The molecule has 3 rings (SSSR count). The molecule has 1 N–H and O–H groups in total. The van der Waals surface area contributed by atoms with Gasteiger partial charge in [0.05, 0.1) is 21.6 Å². The average molecular weight is 442 g/mol. The van der Waals surface area contributed by atoms with E-state index < -0.39 is 16.1 Å². The van der Waals surface area contributed by atoms with E-state index in [0.717, 1.165) is 0 Å². The monoisotopic (exact) mass is 441 g/mol. The summed E-state index contributed by atoms with van der Waals surface area (Å²) < 4.78 is 26.9. The summed E-state index contributed by atoms with van der Waals surface area (Å²) in [5.41, 5.74) is 0.494. The van der Waals surface area contributed by atoms with Crippen molar-refractivity contribution < 1.29 is 13.2 Å². The quantitative estimate of drug-likeness (QED) is 0.772. The molecule has 1 atom stereocenters. The molecule has 1 heterocycles. The van der Waals surface area contributed by atoms with E-state index in [1.807, 2.05) is 4.90 Å². The maximum absolute atomic E-state index is 12.7. The van der Waals surface area contributed by atoms with Crippen LogP contribution >= 0.6 is 23.2 Å². The Bertz CT molecular complexity index is 946. The zero-order chi connectivity index (χ0) is 20.3. The molecule has 2 aromatic carbocycles. The van der Waals surface area contributed by atoms with Crippen LogP contribution in [-0.4, -0.2) is 55.8 Å². The van der Waals surface area contributed by atoms with Crippen LogP contribution in [0.2, 0.25) is 10.0 Å². The minimum atomic E-state index is -3.51. The third-order valence-electron chi connectivity index (χ3n) is 4.77. The fourth-order valence-corrected chi connectivity index (χ4v) is 4.97. The zero-order valence-electron chi connectivity index (χ0n) is 15.3. The minimum Gasteiger partial charge on any atom is -0.323 e. The summed E-state index contributed by atoms with van der Waals surface area (Å²) in [6.45, 7) is 3.39. The first-order chi connectivity index (χ1) is 13.3. The van der Waals surface area contributed by atoms with Crippen LogP contribution in [0, 0.1) is 0 Å². The number of hydrogen-bond acceptors (Lipinski definition) is 4. The number of carbonyl (C=O) groups is 1. The van der Waals surface area contributed by atoms with Gasteiger partial charge in [0.2, 0.25) is 15.9 Å². The third-order valence-corrected chi connectivity index (χ3v) is 7.23. The Morgan fingerprint density at radius 1 is 1.04 bits per heavy atom. The normalized spacial score (nSPS) is 17.2. The van der Waals surface area contributed by atoms with E-state index in [-0.39, 0.29) is 10.8 Å². The van der Waals surface area contributed by atoms with Gasteiger partial charge < -0.3 is 5.32 Å². The van der Waals surface area contributed by atoms with Crippen molar-refractivity contribution in [1.82, 2.24) is 9.21 Å². The fourth-order valence-electron chi connectivity index (χ4n) is 3.07. The minimum absolute atomic E-state index is 0.205. The van der Waals surface area contributed by atoms with Gasteiger partial charge in [-0.1, -0.05) is 41.4 Å². The van der Waals surface area contributed by atoms with Crippen molar-refractivity contribution >= 4 is 44.8 Å². The summed E-state index contributed by atoms with van der Waals surface area (Å²) in [7, 11) is -3.51. The number of sulfonamides is 1. The SMILES string of the molecule is CC(C(=O)Nc1ccc(Cl)cc1Cl)N1CCN(S(=O)(=O)c2ccccc2)CC1. The Morgan fingerprint density at radius 3 is 2.29 bits per heavy atom. The number of anilines is 1. The Balaban J connectivity index is 1.60. The van der Waals surface area contributed by atoms with Gasteiger partial charge in [-0.3, -0.25) is 9.69 Å². The molecule has 1 saturated heterocycles. The van der Waals surface area contributed by atoms with Gasteiger partial charge >= 0.3 is 0 Å². The lowest BCUT2D eigenvalue weighted by Gasteiger charge is -2.36. The Morgan fingerprint density at radius 2 is 1.68 bits per heavy atom. The highest BCUT2D eigenvalue weighted by Gasteiger charge is 2.31. The maximum atomic E-state index is 12.7. The van der Waals surface area contributed by atoms with Crippen LogP contribution in [0.25, 0.3) is 0 Å². The van der Waals surface area contributed by atoms with Crippen molar-refractivity contribution in [2.75, 3.05) is 31.5 Å². The number of benzene rings is 2. The van der Waals surface area contributed by atoms with Crippen molar-refractivity contribution in [3.05, 3.63) is 58.6 Å². The number of carbonyl (C=O) groups excluding carboxylic acids is 1. The van der Waals surface area contributed by atoms with E-state index in [9.17, 15) is 13.2 Å². The summed E-state index contributed by atoms with van der Waals surface area (Å²) in [6.07, 6.45) is 0. The van der Waals surface area contributed by atoms with Crippen LogP contribution in [0.5, 0.6) is 0 Å². The summed E-state index contributed by atoms with van der Waals surface area (Å²) in [5.74, 6) is -0.205. The second-order valence-corrected chi connectivity index (χ2v) is 9.32. The number of nitrogens with one attached hydrogen (secondary N) is 1. The van der Waals surface area contributed by atoms with E-state index in [1.165, 1.54) is 4.31 Å². The molecule has 0 bridgehead atoms. The first-order valence-electron chi connectivity index (χ1n) is 8.84. The molecule has 2 aromatic rings. The molecule has 0 aliphatic carbocycles. The lowest BCUT2D eigenvalue weighted by Crippen LogP contribution is -2.53. The highest BCUT2D eigenvalue weighted by molar-refractivity contribution is 7.89. The number of nitrogens with zero attached hydrogens (tertiary/aromatic N) is 2. The van der Waals surface area contributed by atoms with Gasteiger partial charge in [0.15, 0.2) is 0 Å². The average Bonchev–Trinajstić information content (AvgIpc) is 2.70. The molecule has 28 heavy (non-hydrogen) atoms. The van der Waals surface area contributed by atoms with Gasteiger partial charge in [-0.2, -0.15) is 4.31 Å². The second kappa shape index (κ2) is 8.80. The predicted molar refractivity (Wildman–Crippen MR) is 111 cm³/mol. The predicted octanol–water partition coefficient (Wildman–Crippen LogP) is 3.33. The highest BCUT2D eigenvalue weighted by Crippen LogP contribution is 2.26. The molecule has 1 aliphatic heterocycles. The first-order valence-corrected chi connectivity index (χ1v) is 11.0. The Hall–Kier alpha value is -1.64.